The summed E-state index contributed by atoms with van der Waals surface area (Å²) < 4.78 is 0. The molecule has 0 spiro atoms. The van der Waals surface area contributed by atoms with E-state index in [0.29, 0.717) is 0 Å². The van der Waals surface area contributed by atoms with Crippen LogP contribution in [-0.2, 0) is 0 Å². The Morgan fingerprint density at radius 2 is 1.82 bits per heavy atom. The van der Waals surface area contributed by atoms with Gasteiger partial charge in [0.05, 0.1) is 0 Å². The Morgan fingerprint density at radius 3 is 2.47 bits per heavy atom. The maximum absolute atomic E-state index is 11.6. The van der Waals surface area contributed by atoms with Gasteiger partial charge in [0, 0.05) is 24.3 Å². The molecule has 2 fully saturated rings. The largest absolute Gasteiger partial charge is 0.370 e. The number of ketones is 1. The first-order valence-corrected chi connectivity index (χ1v) is 6.60. The van der Waals surface area contributed by atoms with Crippen molar-refractivity contribution >= 4 is 11.5 Å². The zero-order chi connectivity index (χ0) is 11.8. The molecular weight excluding hydrogens is 210 g/mol. The van der Waals surface area contributed by atoms with Gasteiger partial charge in [-0.25, -0.2) is 0 Å². The summed E-state index contributed by atoms with van der Waals surface area (Å²) in [5.41, 5.74) is 2.03. The van der Waals surface area contributed by atoms with Crippen molar-refractivity contribution < 1.29 is 4.79 Å². The minimum Gasteiger partial charge on any atom is -0.370 e. The fraction of sp³-hybridized carbons (Fsp3) is 0.533. The van der Waals surface area contributed by atoms with E-state index >= 15 is 0 Å². The number of rotatable bonds is 2. The van der Waals surface area contributed by atoms with Crippen molar-refractivity contribution in [3.05, 3.63) is 29.8 Å². The summed E-state index contributed by atoms with van der Waals surface area (Å²) in [6, 6.07) is 8.04. The van der Waals surface area contributed by atoms with Crippen LogP contribution in [0.25, 0.3) is 0 Å². The molecule has 0 N–H and O–H groups in total. The molecule has 17 heavy (non-hydrogen) atoms. The van der Waals surface area contributed by atoms with Gasteiger partial charge < -0.3 is 4.90 Å². The molecule has 2 atom stereocenters. The van der Waals surface area contributed by atoms with Crippen molar-refractivity contribution in [3.63, 3.8) is 0 Å². The predicted octanol–water partition coefficient (Wildman–Crippen LogP) is 3.13. The molecule has 0 bridgehead atoms. The molecule has 1 aromatic rings. The summed E-state index contributed by atoms with van der Waals surface area (Å²) in [7, 11) is 0. The van der Waals surface area contributed by atoms with Gasteiger partial charge in [0.25, 0.3) is 0 Å². The molecule has 1 heterocycles. The Kier molecular flexibility index (Phi) is 2.65. The van der Waals surface area contributed by atoms with E-state index in [9.17, 15) is 4.79 Å². The summed E-state index contributed by atoms with van der Waals surface area (Å²) in [5, 5.41) is 0. The molecule has 2 aliphatic rings. The van der Waals surface area contributed by atoms with Gasteiger partial charge in [-0.2, -0.15) is 0 Å². The number of nitrogens with zero attached hydrogens (tertiary/aromatic N) is 1. The van der Waals surface area contributed by atoms with E-state index < -0.39 is 0 Å². The number of hydrogen-bond acceptors (Lipinski definition) is 2. The fourth-order valence-electron chi connectivity index (χ4n) is 3.48. The first kappa shape index (κ1) is 10.8. The Morgan fingerprint density at radius 1 is 1.18 bits per heavy atom. The SMILES string of the molecule is CC(=O)c1ccccc1N1CC2CCCC2C1. The van der Waals surface area contributed by atoms with E-state index in [1.54, 1.807) is 6.92 Å². The lowest BCUT2D eigenvalue weighted by Gasteiger charge is -2.21. The molecule has 1 aliphatic carbocycles. The zero-order valence-corrected chi connectivity index (χ0v) is 10.4. The number of benzene rings is 1. The quantitative estimate of drug-likeness (QED) is 0.726. The highest BCUT2D eigenvalue weighted by molar-refractivity contribution is 5.99. The number of hydrogen-bond donors (Lipinski definition) is 0. The number of Topliss-reactive ketones (excluding diaryl/α,β-unsaturated/α-hetero) is 1. The third-order valence-corrected chi connectivity index (χ3v) is 4.35. The highest BCUT2D eigenvalue weighted by atomic mass is 16.1. The molecule has 1 aromatic carbocycles. The van der Waals surface area contributed by atoms with Gasteiger partial charge in [0.15, 0.2) is 5.78 Å². The summed E-state index contributed by atoms with van der Waals surface area (Å²) in [6.07, 6.45) is 4.16. The van der Waals surface area contributed by atoms with Crippen LogP contribution in [0.1, 0.15) is 36.5 Å². The monoisotopic (exact) mass is 229 g/mol. The van der Waals surface area contributed by atoms with E-state index in [-0.39, 0.29) is 5.78 Å². The molecule has 2 heteroatoms. The first-order chi connectivity index (χ1) is 8.25. The zero-order valence-electron chi connectivity index (χ0n) is 10.4. The summed E-state index contributed by atoms with van der Waals surface area (Å²) in [5.74, 6) is 1.92. The van der Waals surface area contributed by atoms with Crippen LogP contribution in [0, 0.1) is 11.8 Å². The lowest BCUT2D eigenvalue weighted by Crippen LogP contribution is -2.22. The minimum atomic E-state index is 0.178. The first-order valence-electron chi connectivity index (χ1n) is 6.60. The van der Waals surface area contributed by atoms with Crippen LogP contribution in [0.4, 0.5) is 5.69 Å². The third-order valence-electron chi connectivity index (χ3n) is 4.35. The van der Waals surface area contributed by atoms with Crippen LogP contribution in [-0.4, -0.2) is 18.9 Å². The molecule has 1 saturated carbocycles. The summed E-state index contributed by atoms with van der Waals surface area (Å²) in [6.45, 7) is 3.96. The number of fused-ring (bicyclic) bond motifs is 1. The van der Waals surface area contributed by atoms with Crippen LogP contribution < -0.4 is 4.90 Å². The molecule has 1 aliphatic heterocycles. The fourth-order valence-corrected chi connectivity index (χ4v) is 3.48. The van der Waals surface area contributed by atoms with Gasteiger partial charge in [-0.3, -0.25) is 4.79 Å². The molecule has 0 aromatic heterocycles. The van der Waals surface area contributed by atoms with Crippen molar-refractivity contribution in [3.8, 4) is 0 Å². The van der Waals surface area contributed by atoms with E-state index in [2.05, 4.69) is 11.0 Å². The van der Waals surface area contributed by atoms with Gasteiger partial charge in [-0.15, -0.1) is 0 Å². The average molecular weight is 229 g/mol. The number of carbonyl (C=O) groups is 1. The molecule has 3 rings (SSSR count). The van der Waals surface area contributed by atoms with Gasteiger partial charge in [-0.1, -0.05) is 18.6 Å². The van der Waals surface area contributed by atoms with Crippen LogP contribution in [0.3, 0.4) is 0 Å². The topological polar surface area (TPSA) is 20.3 Å². The van der Waals surface area contributed by atoms with Gasteiger partial charge >= 0.3 is 0 Å². The van der Waals surface area contributed by atoms with Crippen molar-refractivity contribution in [1.82, 2.24) is 0 Å². The van der Waals surface area contributed by atoms with E-state index in [1.807, 2.05) is 18.2 Å². The molecule has 90 valence electrons. The molecular formula is C15H19NO. The predicted molar refractivity (Wildman–Crippen MR) is 69.5 cm³/mol. The lowest BCUT2D eigenvalue weighted by atomic mass is 10.0. The normalized spacial score (nSPS) is 27.2. The number of anilines is 1. The van der Waals surface area contributed by atoms with Crippen molar-refractivity contribution in [1.29, 1.82) is 0 Å². The molecule has 0 radical (unpaired) electrons. The number of carbonyl (C=O) groups excluding carboxylic acids is 1. The maximum Gasteiger partial charge on any atom is 0.161 e. The van der Waals surface area contributed by atoms with Crippen molar-refractivity contribution in [2.75, 3.05) is 18.0 Å². The van der Waals surface area contributed by atoms with Crippen LogP contribution in [0.2, 0.25) is 0 Å². The van der Waals surface area contributed by atoms with E-state index in [0.717, 1.165) is 36.2 Å². The minimum absolute atomic E-state index is 0.178. The Balaban J connectivity index is 1.88. The summed E-state index contributed by atoms with van der Waals surface area (Å²) in [4.78, 5) is 14.1. The smallest absolute Gasteiger partial charge is 0.161 e. The Hall–Kier alpha value is -1.31. The molecule has 2 unspecified atom stereocenters. The van der Waals surface area contributed by atoms with Crippen LogP contribution in [0.15, 0.2) is 24.3 Å². The van der Waals surface area contributed by atoms with E-state index in [1.165, 1.54) is 19.3 Å². The average Bonchev–Trinajstić information content (AvgIpc) is 2.88. The Labute approximate surface area is 103 Å². The second kappa shape index (κ2) is 4.17. The van der Waals surface area contributed by atoms with Gasteiger partial charge in [0.1, 0.15) is 0 Å². The second-order valence-electron chi connectivity index (χ2n) is 5.43. The second-order valence-corrected chi connectivity index (χ2v) is 5.43. The standard InChI is InChI=1S/C15H19NO/c1-11(17)14-7-2-3-8-15(14)16-9-12-5-4-6-13(12)10-16/h2-3,7-8,12-13H,4-6,9-10H2,1H3. The van der Waals surface area contributed by atoms with E-state index in [4.69, 9.17) is 0 Å². The maximum atomic E-state index is 11.6. The van der Waals surface area contributed by atoms with Crippen molar-refractivity contribution in [2.24, 2.45) is 11.8 Å². The van der Waals surface area contributed by atoms with Crippen LogP contribution in [0.5, 0.6) is 0 Å². The van der Waals surface area contributed by atoms with Gasteiger partial charge in [-0.05, 0) is 43.7 Å². The van der Waals surface area contributed by atoms with Crippen LogP contribution >= 0.6 is 0 Å². The lowest BCUT2D eigenvalue weighted by molar-refractivity contribution is 0.101. The highest BCUT2D eigenvalue weighted by Crippen LogP contribution is 2.40. The van der Waals surface area contributed by atoms with Gasteiger partial charge in [0.2, 0.25) is 0 Å². The van der Waals surface area contributed by atoms with Crippen molar-refractivity contribution in [2.45, 2.75) is 26.2 Å². The summed E-state index contributed by atoms with van der Waals surface area (Å²) >= 11 is 0. The third kappa shape index (κ3) is 1.86. The molecule has 2 nitrogen and oxygen atoms in total. The molecule has 0 amide bonds. The molecule has 1 saturated heterocycles. The Bertz CT molecular complexity index is 428. The number of para-hydroxylation sites is 1. The highest BCUT2D eigenvalue weighted by Gasteiger charge is 2.36.